The fourth-order valence-electron chi connectivity index (χ4n) is 4.09. The number of amides is 1. The minimum atomic E-state index is 0.106. The minimum Gasteiger partial charge on any atom is -0.326 e. The molecule has 1 N–H and O–H groups in total. The van der Waals surface area contributed by atoms with Gasteiger partial charge in [-0.1, -0.05) is 61.5 Å². The van der Waals surface area contributed by atoms with E-state index in [2.05, 4.69) is 71.7 Å². The molecule has 0 radical (unpaired) electrons. The van der Waals surface area contributed by atoms with Gasteiger partial charge in [0.2, 0.25) is 5.91 Å². The van der Waals surface area contributed by atoms with E-state index in [9.17, 15) is 4.79 Å². The zero-order valence-corrected chi connectivity index (χ0v) is 16.5. The Morgan fingerprint density at radius 3 is 2.43 bits per heavy atom. The average Bonchev–Trinajstić information content (AvgIpc) is 2.75. The van der Waals surface area contributed by atoms with Crippen LogP contribution in [0.5, 0.6) is 0 Å². The van der Waals surface area contributed by atoms with Gasteiger partial charge >= 0.3 is 0 Å². The summed E-state index contributed by atoms with van der Waals surface area (Å²) >= 11 is 0. The standard InChI is InChI=1S/C25H28N2O/c1-2-19-10-12-23(13-11-19)26-25(28)21-14-16-27(17-15-21)18-22-8-5-7-20-6-3-4-9-24(20)22/h3-13,21H,2,14-18H2,1H3,(H,26,28). The van der Waals surface area contributed by atoms with Gasteiger partial charge in [-0.25, -0.2) is 0 Å². The van der Waals surface area contributed by atoms with E-state index in [0.717, 1.165) is 44.6 Å². The van der Waals surface area contributed by atoms with Crippen molar-refractivity contribution >= 4 is 22.4 Å². The number of likely N-dealkylation sites (tertiary alicyclic amines) is 1. The number of hydrogen-bond acceptors (Lipinski definition) is 2. The van der Waals surface area contributed by atoms with E-state index in [4.69, 9.17) is 0 Å². The quantitative estimate of drug-likeness (QED) is 0.663. The Hall–Kier alpha value is -2.65. The zero-order valence-electron chi connectivity index (χ0n) is 16.5. The fourth-order valence-corrected chi connectivity index (χ4v) is 4.09. The molecule has 1 aliphatic heterocycles. The first kappa shape index (κ1) is 18.7. The molecule has 0 saturated carbocycles. The summed E-state index contributed by atoms with van der Waals surface area (Å²) in [5, 5.41) is 5.72. The maximum Gasteiger partial charge on any atom is 0.227 e. The topological polar surface area (TPSA) is 32.3 Å². The largest absolute Gasteiger partial charge is 0.326 e. The molecule has 1 heterocycles. The van der Waals surface area contributed by atoms with E-state index in [1.807, 2.05) is 12.1 Å². The van der Waals surface area contributed by atoms with Crippen LogP contribution in [0.25, 0.3) is 10.8 Å². The third-order valence-corrected chi connectivity index (χ3v) is 5.86. The Bertz CT molecular complexity index is 935. The van der Waals surface area contributed by atoms with Crippen molar-refractivity contribution in [3.05, 3.63) is 77.9 Å². The highest BCUT2D eigenvalue weighted by Crippen LogP contribution is 2.24. The second-order valence-electron chi connectivity index (χ2n) is 7.73. The van der Waals surface area contributed by atoms with Crippen LogP contribution in [0, 0.1) is 5.92 Å². The first-order valence-corrected chi connectivity index (χ1v) is 10.3. The molecule has 3 nitrogen and oxygen atoms in total. The summed E-state index contributed by atoms with van der Waals surface area (Å²) in [6, 6.07) is 23.3. The second-order valence-corrected chi connectivity index (χ2v) is 7.73. The lowest BCUT2D eigenvalue weighted by Gasteiger charge is -2.31. The smallest absolute Gasteiger partial charge is 0.227 e. The maximum atomic E-state index is 12.6. The molecule has 0 aliphatic carbocycles. The van der Waals surface area contributed by atoms with Crippen LogP contribution in [0.15, 0.2) is 66.7 Å². The van der Waals surface area contributed by atoms with Gasteiger partial charge in [-0.3, -0.25) is 9.69 Å². The monoisotopic (exact) mass is 372 g/mol. The summed E-state index contributed by atoms with van der Waals surface area (Å²) in [4.78, 5) is 15.1. The molecule has 0 spiro atoms. The van der Waals surface area contributed by atoms with Crippen LogP contribution < -0.4 is 5.32 Å². The first-order valence-electron chi connectivity index (χ1n) is 10.3. The van der Waals surface area contributed by atoms with Crippen molar-refractivity contribution in [2.24, 2.45) is 5.92 Å². The number of nitrogens with one attached hydrogen (secondary N) is 1. The average molecular weight is 373 g/mol. The van der Waals surface area contributed by atoms with E-state index in [0.29, 0.717) is 0 Å². The van der Waals surface area contributed by atoms with E-state index in [1.165, 1.54) is 21.9 Å². The van der Waals surface area contributed by atoms with Gasteiger partial charge in [0.1, 0.15) is 0 Å². The predicted molar refractivity (Wildman–Crippen MR) is 116 cm³/mol. The van der Waals surface area contributed by atoms with Crippen LogP contribution in [0.1, 0.15) is 30.9 Å². The molecule has 0 aromatic heterocycles. The van der Waals surface area contributed by atoms with Gasteiger partial charge < -0.3 is 5.32 Å². The lowest BCUT2D eigenvalue weighted by atomic mass is 9.95. The van der Waals surface area contributed by atoms with Crippen molar-refractivity contribution in [3.63, 3.8) is 0 Å². The Balaban J connectivity index is 1.33. The number of carbonyl (C=O) groups excluding carboxylic acids is 1. The van der Waals surface area contributed by atoms with Crippen molar-refractivity contribution < 1.29 is 4.79 Å². The third-order valence-electron chi connectivity index (χ3n) is 5.86. The third kappa shape index (κ3) is 4.26. The summed E-state index contributed by atoms with van der Waals surface area (Å²) in [5.41, 5.74) is 3.57. The molecule has 4 rings (SSSR count). The Kier molecular flexibility index (Phi) is 5.73. The lowest BCUT2D eigenvalue weighted by Crippen LogP contribution is -2.37. The van der Waals surface area contributed by atoms with E-state index < -0.39 is 0 Å². The fraction of sp³-hybridized carbons (Fsp3) is 0.320. The van der Waals surface area contributed by atoms with Gasteiger partial charge in [0.05, 0.1) is 0 Å². The van der Waals surface area contributed by atoms with Crippen molar-refractivity contribution in [1.29, 1.82) is 0 Å². The molecule has 1 saturated heterocycles. The van der Waals surface area contributed by atoms with Crippen LogP contribution in [0.3, 0.4) is 0 Å². The number of aryl methyl sites for hydroxylation is 1. The molecule has 1 aliphatic rings. The Morgan fingerprint density at radius 2 is 1.68 bits per heavy atom. The maximum absolute atomic E-state index is 12.6. The van der Waals surface area contributed by atoms with Gasteiger partial charge in [0.25, 0.3) is 0 Å². The summed E-state index contributed by atoms with van der Waals surface area (Å²) in [6.45, 7) is 5.03. The van der Waals surface area contributed by atoms with Crippen LogP contribution in [-0.4, -0.2) is 23.9 Å². The van der Waals surface area contributed by atoms with Gasteiger partial charge in [-0.2, -0.15) is 0 Å². The second kappa shape index (κ2) is 8.57. The van der Waals surface area contributed by atoms with Crippen LogP contribution in [-0.2, 0) is 17.8 Å². The first-order chi connectivity index (χ1) is 13.7. The van der Waals surface area contributed by atoms with Crippen molar-refractivity contribution in [2.45, 2.75) is 32.7 Å². The molecule has 3 heteroatoms. The number of nitrogens with zero attached hydrogens (tertiary/aromatic N) is 1. The van der Waals surface area contributed by atoms with E-state index in [1.54, 1.807) is 0 Å². The predicted octanol–water partition coefficient (Wildman–Crippen LogP) is 5.25. The van der Waals surface area contributed by atoms with Crippen LogP contribution in [0.4, 0.5) is 5.69 Å². The van der Waals surface area contributed by atoms with Gasteiger partial charge in [-0.15, -0.1) is 0 Å². The number of rotatable bonds is 5. The van der Waals surface area contributed by atoms with Crippen LogP contribution >= 0.6 is 0 Å². The van der Waals surface area contributed by atoms with Gasteiger partial charge in [0, 0.05) is 18.2 Å². The number of hydrogen-bond donors (Lipinski definition) is 1. The molecule has 0 atom stereocenters. The molecule has 3 aromatic carbocycles. The summed E-state index contributed by atoms with van der Waals surface area (Å²) in [7, 11) is 0. The Morgan fingerprint density at radius 1 is 0.964 bits per heavy atom. The minimum absolute atomic E-state index is 0.106. The van der Waals surface area contributed by atoms with Crippen molar-refractivity contribution in [3.8, 4) is 0 Å². The number of benzene rings is 3. The van der Waals surface area contributed by atoms with Gasteiger partial charge in [0.15, 0.2) is 0 Å². The highest BCUT2D eigenvalue weighted by molar-refractivity contribution is 5.92. The Labute approximate surface area is 167 Å². The molecule has 0 bridgehead atoms. The lowest BCUT2D eigenvalue weighted by molar-refractivity contribution is -0.121. The molecule has 0 unspecified atom stereocenters. The van der Waals surface area contributed by atoms with Crippen molar-refractivity contribution in [1.82, 2.24) is 4.90 Å². The highest BCUT2D eigenvalue weighted by atomic mass is 16.1. The van der Waals surface area contributed by atoms with E-state index in [-0.39, 0.29) is 11.8 Å². The summed E-state index contributed by atoms with van der Waals surface area (Å²) in [5.74, 6) is 0.267. The number of carbonyl (C=O) groups is 1. The number of anilines is 1. The SMILES string of the molecule is CCc1ccc(NC(=O)C2CCN(Cc3cccc4ccccc34)CC2)cc1. The summed E-state index contributed by atoms with van der Waals surface area (Å²) in [6.07, 6.45) is 2.86. The van der Waals surface area contributed by atoms with E-state index >= 15 is 0 Å². The van der Waals surface area contributed by atoms with Crippen molar-refractivity contribution in [2.75, 3.05) is 18.4 Å². The van der Waals surface area contributed by atoms with Crippen LogP contribution in [0.2, 0.25) is 0 Å². The normalized spacial score (nSPS) is 15.6. The molecule has 3 aromatic rings. The molecular formula is C25H28N2O. The summed E-state index contributed by atoms with van der Waals surface area (Å²) < 4.78 is 0. The van der Waals surface area contributed by atoms with Gasteiger partial charge in [-0.05, 0) is 66.4 Å². The zero-order chi connectivity index (χ0) is 19.3. The molecule has 1 fully saturated rings. The number of piperidine rings is 1. The highest BCUT2D eigenvalue weighted by Gasteiger charge is 2.25. The molecule has 1 amide bonds. The molecule has 144 valence electrons. The molecular weight excluding hydrogens is 344 g/mol. The number of fused-ring (bicyclic) bond motifs is 1. The molecule has 28 heavy (non-hydrogen) atoms.